The van der Waals surface area contributed by atoms with E-state index < -0.39 is 30.6 Å². The number of hydrogen-bond donors (Lipinski definition) is 4. The lowest BCUT2D eigenvalue weighted by Gasteiger charge is -2.26. The van der Waals surface area contributed by atoms with Crippen molar-refractivity contribution in [1.29, 1.82) is 0 Å². The largest absolute Gasteiger partial charge is 0.394 e. The highest BCUT2D eigenvalue weighted by Gasteiger charge is 2.54. The molecule has 0 spiro atoms. The molecule has 10 heteroatoms. The summed E-state index contributed by atoms with van der Waals surface area (Å²) in [5.41, 5.74) is 2.29. The van der Waals surface area contributed by atoms with Gasteiger partial charge in [0.1, 0.15) is 24.1 Å². The van der Waals surface area contributed by atoms with E-state index in [-0.39, 0.29) is 0 Å². The third kappa shape index (κ3) is 2.03. The van der Waals surface area contributed by atoms with Gasteiger partial charge in [0.05, 0.1) is 24.3 Å². The van der Waals surface area contributed by atoms with Crippen LogP contribution >= 0.6 is 0 Å². The Hall–Kier alpha value is -1.85. The van der Waals surface area contributed by atoms with Gasteiger partial charge in [0.15, 0.2) is 17.7 Å². The smallest absolute Gasteiger partial charge is 0.183 e. The second kappa shape index (κ2) is 5.08. The molecule has 4 atom stereocenters. The predicted octanol–water partition coefficient (Wildman–Crippen LogP) is -1.27. The minimum Gasteiger partial charge on any atom is -0.394 e. The minimum absolute atomic E-state index is 0.407. The molecule has 0 saturated carbocycles. The van der Waals surface area contributed by atoms with Gasteiger partial charge in [-0.15, -0.1) is 0 Å². The molecule has 4 heterocycles. The van der Waals surface area contributed by atoms with E-state index in [2.05, 4.69) is 20.5 Å². The number of aliphatic hydroxyl groups excluding tert-OH is 2. The van der Waals surface area contributed by atoms with E-state index in [4.69, 9.17) is 9.57 Å². The zero-order chi connectivity index (χ0) is 16.2. The molecule has 1 fully saturated rings. The van der Waals surface area contributed by atoms with Gasteiger partial charge in [-0.05, 0) is 6.92 Å². The monoisotopic (exact) mass is 323 g/mol. The predicted molar refractivity (Wildman–Crippen MR) is 76.2 cm³/mol. The van der Waals surface area contributed by atoms with Crippen LogP contribution in [0, 0.1) is 0 Å². The number of nitrogens with one attached hydrogen (secondary N) is 1. The average molecular weight is 323 g/mol. The summed E-state index contributed by atoms with van der Waals surface area (Å²) in [6, 6.07) is 0. The highest BCUT2D eigenvalue weighted by Crippen LogP contribution is 2.40. The van der Waals surface area contributed by atoms with Crippen molar-refractivity contribution in [3.8, 4) is 0 Å². The van der Waals surface area contributed by atoms with Crippen LogP contribution in [0.15, 0.2) is 6.33 Å². The Balaban J connectivity index is 1.87. The van der Waals surface area contributed by atoms with Crippen LogP contribution in [0.25, 0.3) is 11.0 Å². The molecule has 4 rings (SSSR count). The molecular formula is C13H17N5O5. The molecule has 10 nitrogen and oxygen atoms in total. The molecule has 2 aliphatic heterocycles. The van der Waals surface area contributed by atoms with Gasteiger partial charge in [0.25, 0.3) is 0 Å². The highest BCUT2D eigenvalue weighted by atomic mass is 16.6. The van der Waals surface area contributed by atoms with E-state index in [0.29, 0.717) is 35.6 Å². The maximum atomic E-state index is 10.6. The summed E-state index contributed by atoms with van der Waals surface area (Å²) in [5.74, 6) is 0.491. The molecule has 0 aromatic carbocycles. The van der Waals surface area contributed by atoms with Crippen molar-refractivity contribution in [3.05, 3.63) is 12.0 Å². The number of anilines is 1. The molecule has 1 unspecified atom stereocenters. The summed E-state index contributed by atoms with van der Waals surface area (Å²) < 4.78 is 7.05. The summed E-state index contributed by atoms with van der Waals surface area (Å²) in [6.07, 6.45) is -1.22. The molecule has 0 bridgehead atoms. The summed E-state index contributed by atoms with van der Waals surface area (Å²) in [4.78, 5) is 13.6. The first-order chi connectivity index (χ1) is 11.0. The number of nitrogens with zero attached hydrogens (tertiary/aromatic N) is 4. The van der Waals surface area contributed by atoms with Crippen LogP contribution in [-0.2, 0) is 16.0 Å². The number of hydrogen-bond acceptors (Lipinski definition) is 9. The zero-order valence-electron chi connectivity index (χ0n) is 12.4. The molecule has 124 valence electrons. The Morgan fingerprint density at radius 2 is 2.30 bits per heavy atom. The van der Waals surface area contributed by atoms with Crippen molar-refractivity contribution in [2.24, 2.45) is 0 Å². The van der Waals surface area contributed by atoms with E-state index in [9.17, 15) is 15.3 Å². The van der Waals surface area contributed by atoms with Crippen molar-refractivity contribution in [3.63, 3.8) is 0 Å². The highest BCUT2D eigenvalue weighted by molar-refractivity contribution is 5.89. The summed E-state index contributed by atoms with van der Waals surface area (Å²) >= 11 is 0. The summed E-state index contributed by atoms with van der Waals surface area (Å²) in [6.45, 7) is 1.45. The van der Waals surface area contributed by atoms with Gasteiger partial charge in [0.2, 0.25) is 0 Å². The number of ether oxygens (including phenoxy) is 1. The Bertz CT molecular complexity index is 748. The fourth-order valence-corrected chi connectivity index (χ4v) is 3.07. The molecule has 4 N–H and O–H groups in total. The van der Waals surface area contributed by atoms with Crippen LogP contribution in [0.2, 0.25) is 0 Å². The second-order valence-electron chi connectivity index (χ2n) is 5.89. The van der Waals surface area contributed by atoms with Gasteiger partial charge in [-0.3, -0.25) is 4.84 Å². The van der Waals surface area contributed by atoms with Crippen LogP contribution in [0.4, 0.5) is 5.82 Å². The second-order valence-corrected chi connectivity index (χ2v) is 5.89. The van der Waals surface area contributed by atoms with Gasteiger partial charge in [-0.2, -0.15) is 5.10 Å². The van der Waals surface area contributed by atoms with Gasteiger partial charge in [-0.25, -0.2) is 20.1 Å². The first kappa shape index (κ1) is 14.7. The molecule has 2 aliphatic rings. The lowest BCUT2D eigenvalue weighted by Crippen LogP contribution is -2.44. The molecular weight excluding hydrogens is 306 g/mol. The number of rotatable bonds is 2. The summed E-state index contributed by atoms with van der Waals surface area (Å²) in [5, 5.41) is 35.3. The quantitative estimate of drug-likeness (QED) is 0.533. The normalized spacial score (nSPS) is 33.7. The standard InChI is InChI=1S/C13H17N5O5/c1-13(21)9(20)7(4-19)23-12(13)18-11-8-6(16-18)2-3-22-17-10(8)14-5-15-11/h5,7,9,12,19-21H,2-4H2,1H3,(H,14,15,17)/t7-,9-,12?,13-/m1/s1. The van der Waals surface area contributed by atoms with Crippen molar-refractivity contribution < 1.29 is 24.9 Å². The first-order valence-corrected chi connectivity index (χ1v) is 7.30. The zero-order valence-corrected chi connectivity index (χ0v) is 12.4. The number of aromatic nitrogens is 4. The molecule has 0 amide bonds. The maximum Gasteiger partial charge on any atom is 0.183 e. The van der Waals surface area contributed by atoms with Crippen LogP contribution in [0.1, 0.15) is 18.8 Å². The van der Waals surface area contributed by atoms with Gasteiger partial charge in [0, 0.05) is 6.42 Å². The van der Waals surface area contributed by atoms with E-state index in [1.807, 2.05) is 0 Å². The van der Waals surface area contributed by atoms with Crippen LogP contribution in [0.3, 0.4) is 0 Å². The number of aliphatic hydroxyl groups is 3. The minimum atomic E-state index is -1.62. The third-order valence-corrected chi connectivity index (χ3v) is 4.33. The topological polar surface area (TPSA) is 135 Å². The molecule has 2 aromatic heterocycles. The fraction of sp³-hybridized carbons (Fsp3) is 0.615. The molecule has 2 aromatic rings. The molecule has 23 heavy (non-hydrogen) atoms. The van der Waals surface area contributed by atoms with Crippen LogP contribution in [-0.4, -0.2) is 66.1 Å². The van der Waals surface area contributed by atoms with E-state index in [1.165, 1.54) is 17.9 Å². The lowest BCUT2D eigenvalue weighted by atomic mass is 9.97. The maximum absolute atomic E-state index is 10.6. The molecule has 0 radical (unpaired) electrons. The van der Waals surface area contributed by atoms with Crippen molar-refractivity contribution in [1.82, 2.24) is 19.7 Å². The third-order valence-electron chi connectivity index (χ3n) is 4.33. The average Bonchev–Trinajstić information content (AvgIpc) is 2.90. The van der Waals surface area contributed by atoms with Crippen molar-refractivity contribution in [2.75, 3.05) is 18.7 Å². The van der Waals surface area contributed by atoms with Gasteiger partial charge < -0.3 is 20.1 Å². The Morgan fingerprint density at radius 3 is 3.04 bits per heavy atom. The molecule has 1 saturated heterocycles. The Kier molecular flexibility index (Phi) is 3.25. The van der Waals surface area contributed by atoms with Gasteiger partial charge >= 0.3 is 0 Å². The lowest BCUT2D eigenvalue weighted by molar-refractivity contribution is -0.100. The fourth-order valence-electron chi connectivity index (χ4n) is 3.07. The van der Waals surface area contributed by atoms with E-state index >= 15 is 0 Å². The van der Waals surface area contributed by atoms with Crippen molar-refractivity contribution >= 4 is 16.9 Å². The Morgan fingerprint density at radius 1 is 1.48 bits per heavy atom. The summed E-state index contributed by atoms with van der Waals surface area (Å²) in [7, 11) is 0. The molecule has 0 aliphatic carbocycles. The van der Waals surface area contributed by atoms with Gasteiger partial charge in [-0.1, -0.05) is 0 Å². The van der Waals surface area contributed by atoms with Crippen molar-refractivity contribution in [2.45, 2.75) is 37.4 Å². The van der Waals surface area contributed by atoms with E-state index in [1.54, 1.807) is 0 Å². The first-order valence-electron chi connectivity index (χ1n) is 7.30. The SMILES string of the molecule is C[C@]1(O)C(n2nc3c4c(ncnc42)NOCC3)O[C@H](CO)[C@H]1O. The van der Waals surface area contributed by atoms with E-state index in [0.717, 1.165) is 0 Å². The Labute approximate surface area is 130 Å². The van der Waals surface area contributed by atoms with Crippen LogP contribution < -0.4 is 5.48 Å². The van der Waals surface area contributed by atoms with Crippen LogP contribution in [0.5, 0.6) is 0 Å².